The highest BCUT2D eigenvalue weighted by molar-refractivity contribution is 5.39. The maximum absolute atomic E-state index is 8.76. The molecule has 0 aromatic carbocycles. The fourth-order valence-electron chi connectivity index (χ4n) is 3.27. The first-order chi connectivity index (χ1) is 9.30. The highest BCUT2D eigenvalue weighted by atomic mass is 16.5. The van der Waals surface area contributed by atoms with Crippen LogP contribution in [0.3, 0.4) is 0 Å². The van der Waals surface area contributed by atoms with Gasteiger partial charge in [0.1, 0.15) is 11.9 Å². The molecule has 1 N–H and O–H groups in total. The molecule has 1 spiro atoms. The Morgan fingerprint density at radius 2 is 2.21 bits per heavy atom. The van der Waals surface area contributed by atoms with Gasteiger partial charge in [-0.3, -0.25) is 0 Å². The maximum atomic E-state index is 8.76. The van der Waals surface area contributed by atoms with E-state index in [1.807, 2.05) is 6.07 Å². The lowest BCUT2D eigenvalue weighted by molar-refractivity contribution is -0.0767. The molecule has 1 aliphatic heterocycles. The van der Waals surface area contributed by atoms with Gasteiger partial charge in [-0.05, 0) is 37.8 Å². The summed E-state index contributed by atoms with van der Waals surface area (Å²) in [4.78, 5) is 4.28. The Bertz CT molecular complexity index is 471. The molecule has 1 saturated heterocycles. The Labute approximate surface area is 113 Å². The zero-order chi connectivity index (χ0) is 13.1. The van der Waals surface area contributed by atoms with Gasteiger partial charge < -0.3 is 10.1 Å². The second kappa shape index (κ2) is 5.18. The first kappa shape index (κ1) is 12.4. The van der Waals surface area contributed by atoms with Gasteiger partial charge >= 0.3 is 0 Å². The third kappa shape index (κ3) is 2.71. The molecule has 2 fully saturated rings. The van der Waals surface area contributed by atoms with Crippen LogP contribution in [0.2, 0.25) is 0 Å². The summed E-state index contributed by atoms with van der Waals surface area (Å²) in [5.41, 5.74) is 0.729. The number of nitrogens with one attached hydrogen (secondary N) is 1. The average molecular weight is 257 g/mol. The van der Waals surface area contributed by atoms with E-state index in [1.165, 1.54) is 25.7 Å². The van der Waals surface area contributed by atoms with Crippen molar-refractivity contribution in [1.29, 1.82) is 5.26 Å². The summed E-state index contributed by atoms with van der Waals surface area (Å²) in [5, 5.41) is 12.2. The van der Waals surface area contributed by atoms with Crippen LogP contribution in [0, 0.1) is 11.3 Å². The fraction of sp³-hybridized carbons (Fsp3) is 0.600. The molecule has 100 valence electrons. The van der Waals surface area contributed by atoms with Crippen molar-refractivity contribution in [3.8, 4) is 6.07 Å². The summed E-state index contributed by atoms with van der Waals surface area (Å²) in [6.45, 7) is 0.841. The van der Waals surface area contributed by atoms with Gasteiger partial charge in [-0.1, -0.05) is 12.8 Å². The molecule has 1 aliphatic carbocycles. The molecule has 2 aliphatic rings. The maximum Gasteiger partial charge on any atom is 0.126 e. The van der Waals surface area contributed by atoms with Crippen molar-refractivity contribution >= 4 is 5.82 Å². The van der Waals surface area contributed by atoms with Crippen molar-refractivity contribution in [3.05, 3.63) is 23.9 Å². The Kier molecular flexibility index (Phi) is 3.39. The predicted octanol–water partition coefficient (Wildman–Crippen LogP) is 2.86. The van der Waals surface area contributed by atoms with E-state index in [0.717, 1.165) is 25.3 Å². The number of rotatable bonds is 2. The molecule has 3 rings (SSSR count). The van der Waals surface area contributed by atoms with E-state index in [2.05, 4.69) is 16.4 Å². The van der Waals surface area contributed by atoms with Crippen molar-refractivity contribution in [1.82, 2.24) is 4.98 Å². The van der Waals surface area contributed by atoms with E-state index in [-0.39, 0.29) is 5.60 Å². The van der Waals surface area contributed by atoms with Gasteiger partial charge in [0.15, 0.2) is 0 Å². The molecule has 0 bridgehead atoms. The highest BCUT2D eigenvalue weighted by Crippen LogP contribution is 2.40. The smallest absolute Gasteiger partial charge is 0.126 e. The lowest BCUT2D eigenvalue weighted by Crippen LogP contribution is -2.42. The Hall–Kier alpha value is -1.60. The average Bonchev–Trinajstić information content (AvgIpc) is 2.88. The van der Waals surface area contributed by atoms with Gasteiger partial charge in [0, 0.05) is 18.8 Å². The second-order valence-electron chi connectivity index (χ2n) is 5.62. The number of hydrogen-bond donors (Lipinski definition) is 1. The van der Waals surface area contributed by atoms with Gasteiger partial charge in [-0.2, -0.15) is 5.26 Å². The summed E-state index contributed by atoms with van der Waals surface area (Å²) in [5.74, 6) is 0.860. The first-order valence-electron chi connectivity index (χ1n) is 7.06. The molecule has 1 aromatic heterocycles. The Balaban J connectivity index is 1.64. The van der Waals surface area contributed by atoms with Gasteiger partial charge in [0.05, 0.1) is 11.2 Å². The minimum absolute atomic E-state index is 0.127. The normalized spacial score (nSPS) is 25.1. The van der Waals surface area contributed by atoms with Crippen LogP contribution in [0.15, 0.2) is 18.3 Å². The first-order valence-corrected chi connectivity index (χ1v) is 7.06. The van der Waals surface area contributed by atoms with Crippen molar-refractivity contribution in [2.24, 2.45) is 0 Å². The van der Waals surface area contributed by atoms with Crippen LogP contribution < -0.4 is 5.32 Å². The molecular formula is C15H19N3O. The molecule has 1 saturated carbocycles. The quantitative estimate of drug-likeness (QED) is 0.885. The van der Waals surface area contributed by atoms with Crippen LogP contribution in [-0.2, 0) is 4.74 Å². The molecule has 0 amide bonds. The van der Waals surface area contributed by atoms with E-state index < -0.39 is 0 Å². The fourth-order valence-corrected chi connectivity index (χ4v) is 3.27. The monoisotopic (exact) mass is 257 g/mol. The van der Waals surface area contributed by atoms with Gasteiger partial charge in [-0.15, -0.1) is 0 Å². The molecular weight excluding hydrogens is 238 g/mol. The summed E-state index contributed by atoms with van der Waals surface area (Å²) in [7, 11) is 0. The molecule has 0 radical (unpaired) electrons. The molecule has 19 heavy (non-hydrogen) atoms. The summed E-state index contributed by atoms with van der Waals surface area (Å²) < 4.78 is 6.03. The van der Waals surface area contributed by atoms with Gasteiger partial charge in [0.2, 0.25) is 0 Å². The summed E-state index contributed by atoms with van der Waals surface area (Å²) >= 11 is 0. The topological polar surface area (TPSA) is 57.9 Å². The second-order valence-corrected chi connectivity index (χ2v) is 5.62. The predicted molar refractivity (Wildman–Crippen MR) is 72.7 cm³/mol. The minimum atomic E-state index is 0.127. The van der Waals surface area contributed by atoms with E-state index in [1.54, 1.807) is 12.3 Å². The van der Waals surface area contributed by atoms with Crippen molar-refractivity contribution in [2.45, 2.75) is 50.2 Å². The third-order valence-electron chi connectivity index (χ3n) is 4.25. The largest absolute Gasteiger partial charge is 0.375 e. The summed E-state index contributed by atoms with van der Waals surface area (Å²) in [6, 6.07) is 6.21. The van der Waals surface area contributed by atoms with E-state index in [4.69, 9.17) is 10.00 Å². The lowest BCUT2D eigenvalue weighted by Gasteiger charge is -2.38. The zero-order valence-corrected chi connectivity index (χ0v) is 11.1. The number of ether oxygens (including phenoxy) is 1. The SMILES string of the molecule is N#Cc1ccc(N[C@@H]2CCOC3(CCCC3)C2)nc1. The standard InChI is InChI=1S/C15H19N3O/c16-10-12-3-4-14(17-11-12)18-13-5-8-19-15(9-13)6-1-2-7-15/h3-4,11,13H,1-2,5-9H2,(H,17,18)/t13-/m1/s1. The molecule has 1 atom stereocenters. The van der Waals surface area contributed by atoms with E-state index in [0.29, 0.717) is 11.6 Å². The number of hydrogen-bond acceptors (Lipinski definition) is 4. The Morgan fingerprint density at radius 1 is 1.37 bits per heavy atom. The van der Waals surface area contributed by atoms with Crippen molar-refractivity contribution in [2.75, 3.05) is 11.9 Å². The number of pyridine rings is 1. The van der Waals surface area contributed by atoms with Gasteiger partial charge in [-0.25, -0.2) is 4.98 Å². The van der Waals surface area contributed by atoms with Crippen LogP contribution >= 0.6 is 0 Å². The number of anilines is 1. The lowest BCUT2D eigenvalue weighted by atomic mass is 9.89. The zero-order valence-electron chi connectivity index (χ0n) is 11.1. The van der Waals surface area contributed by atoms with Crippen LogP contribution in [0.25, 0.3) is 0 Å². The number of nitrogens with zero attached hydrogens (tertiary/aromatic N) is 2. The summed E-state index contributed by atoms with van der Waals surface area (Å²) in [6.07, 6.45) is 8.72. The van der Waals surface area contributed by atoms with Crippen LogP contribution in [0.1, 0.15) is 44.1 Å². The third-order valence-corrected chi connectivity index (χ3v) is 4.25. The number of aromatic nitrogens is 1. The molecule has 2 heterocycles. The van der Waals surface area contributed by atoms with Crippen LogP contribution in [0.5, 0.6) is 0 Å². The Morgan fingerprint density at radius 3 is 2.89 bits per heavy atom. The van der Waals surface area contributed by atoms with Crippen LogP contribution in [-0.4, -0.2) is 23.2 Å². The van der Waals surface area contributed by atoms with E-state index in [9.17, 15) is 0 Å². The molecule has 1 aromatic rings. The number of nitriles is 1. The van der Waals surface area contributed by atoms with Gasteiger partial charge in [0.25, 0.3) is 0 Å². The van der Waals surface area contributed by atoms with Crippen LogP contribution in [0.4, 0.5) is 5.82 Å². The highest BCUT2D eigenvalue weighted by Gasteiger charge is 2.39. The molecule has 4 heteroatoms. The minimum Gasteiger partial charge on any atom is -0.375 e. The van der Waals surface area contributed by atoms with Crippen molar-refractivity contribution < 1.29 is 4.74 Å². The van der Waals surface area contributed by atoms with Crippen molar-refractivity contribution in [3.63, 3.8) is 0 Å². The molecule has 0 unspecified atom stereocenters. The van der Waals surface area contributed by atoms with E-state index >= 15 is 0 Å². The molecule has 4 nitrogen and oxygen atoms in total.